The van der Waals surface area contributed by atoms with Gasteiger partial charge in [0.05, 0.1) is 6.61 Å². The Morgan fingerprint density at radius 1 is 1.05 bits per heavy atom. The molecule has 2 aromatic heterocycles. The van der Waals surface area contributed by atoms with Crippen molar-refractivity contribution in [2.75, 3.05) is 39.2 Å². The van der Waals surface area contributed by atoms with Crippen molar-refractivity contribution in [2.45, 2.75) is 88.6 Å². The molecular weight excluding hydrogens is 728 g/mol. The Morgan fingerprint density at radius 2 is 1.80 bits per heavy atom. The van der Waals surface area contributed by atoms with E-state index in [9.17, 15) is 14.7 Å². The monoisotopic (exact) mass is 782 g/mol. The van der Waals surface area contributed by atoms with Crippen molar-refractivity contribution in [3.8, 4) is 17.2 Å². The number of aryl methyl sites for hydroxylation is 2. The molecule has 2 atom stereocenters. The molecule has 4 aliphatic rings. The van der Waals surface area contributed by atoms with Crippen molar-refractivity contribution in [2.24, 2.45) is 18.9 Å². The third kappa shape index (κ3) is 8.56. The van der Waals surface area contributed by atoms with E-state index in [0.29, 0.717) is 49.5 Å². The maximum Gasteiger partial charge on any atom is 0.329 e. The SMILES string of the molecule is CN(C)Cc1ccc(=O)n(C)c1.C[C@@H](COc1ccnc2c1CCCC2)CC1Cc2cc3c(cc2C12CCC(Nc1cccc(Cl)c1)(C(=O)O)CC2)OCCO3. The van der Waals surface area contributed by atoms with Crippen molar-refractivity contribution in [3.63, 3.8) is 0 Å². The Labute approximate surface area is 335 Å². The Balaban J connectivity index is 0.000000344. The van der Waals surface area contributed by atoms with E-state index in [2.05, 4.69) is 34.3 Å². The second kappa shape index (κ2) is 16.9. The Hall–Kier alpha value is -4.54. The molecule has 4 aromatic rings. The van der Waals surface area contributed by atoms with Gasteiger partial charge in [0.1, 0.15) is 24.5 Å². The van der Waals surface area contributed by atoms with Crippen LogP contribution in [0.15, 0.2) is 71.8 Å². The van der Waals surface area contributed by atoms with Gasteiger partial charge < -0.3 is 34.1 Å². The van der Waals surface area contributed by atoms with Crippen molar-refractivity contribution >= 4 is 23.3 Å². The number of carbonyl (C=O) groups is 1. The quantitative estimate of drug-likeness (QED) is 0.166. The van der Waals surface area contributed by atoms with Crippen LogP contribution in [-0.4, -0.2) is 65.0 Å². The number of pyridine rings is 2. The van der Waals surface area contributed by atoms with Crippen LogP contribution in [0.4, 0.5) is 5.69 Å². The highest BCUT2D eigenvalue weighted by Crippen LogP contribution is 2.58. The average molecular weight is 783 g/mol. The number of nitrogens with one attached hydrogen (secondary N) is 1. The predicted molar refractivity (Wildman–Crippen MR) is 219 cm³/mol. The molecule has 11 heteroatoms. The summed E-state index contributed by atoms with van der Waals surface area (Å²) >= 11 is 6.24. The molecule has 0 saturated heterocycles. The van der Waals surface area contributed by atoms with E-state index in [1.165, 1.54) is 35.2 Å². The van der Waals surface area contributed by atoms with E-state index >= 15 is 0 Å². The van der Waals surface area contributed by atoms with Crippen LogP contribution < -0.4 is 25.1 Å². The average Bonchev–Trinajstić information content (AvgIpc) is 3.45. The molecule has 298 valence electrons. The molecule has 0 amide bonds. The van der Waals surface area contributed by atoms with Gasteiger partial charge in [-0.25, -0.2) is 4.79 Å². The lowest BCUT2D eigenvalue weighted by molar-refractivity contribution is -0.144. The number of halogens is 1. The third-order valence-electron chi connectivity index (χ3n) is 12.2. The number of carboxylic acid groups (broad SMARTS) is 1. The molecule has 1 spiro atoms. The number of hydrogen-bond donors (Lipinski definition) is 2. The zero-order valence-corrected chi connectivity index (χ0v) is 33.9. The highest BCUT2D eigenvalue weighted by Gasteiger charge is 2.54. The summed E-state index contributed by atoms with van der Waals surface area (Å²) in [4.78, 5) is 30.5. The maximum absolute atomic E-state index is 12.8. The van der Waals surface area contributed by atoms with Crippen molar-refractivity contribution in [3.05, 3.63) is 110 Å². The molecular formula is C45H55ClN4O6. The predicted octanol–water partition coefficient (Wildman–Crippen LogP) is 7.86. The van der Waals surface area contributed by atoms with E-state index in [1.54, 1.807) is 29.8 Å². The van der Waals surface area contributed by atoms with E-state index in [0.717, 1.165) is 73.6 Å². The number of fused-ring (bicyclic) bond motifs is 4. The molecule has 0 bridgehead atoms. The second-order valence-corrected chi connectivity index (χ2v) is 17.0. The Kier molecular flexibility index (Phi) is 12.0. The van der Waals surface area contributed by atoms with Crippen LogP contribution >= 0.6 is 11.6 Å². The van der Waals surface area contributed by atoms with Gasteiger partial charge in [-0.3, -0.25) is 9.78 Å². The lowest BCUT2D eigenvalue weighted by atomic mass is 9.59. The van der Waals surface area contributed by atoms with Gasteiger partial charge in [0.2, 0.25) is 5.56 Å². The van der Waals surface area contributed by atoms with Gasteiger partial charge in [0, 0.05) is 54.0 Å². The van der Waals surface area contributed by atoms with Gasteiger partial charge in [-0.2, -0.15) is 0 Å². The summed E-state index contributed by atoms with van der Waals surface area (Å²) in [5, 5.41) is 14.5. The number of rotatable bonds is 10. The number of ether oxygens (including phenoxy) is 3. The fourth-order valence-corrected chi connectivity index (χ4v) is 9.60. The first kappa shape index (κ1) is 39.7. The minimum absolute atomic E-state index is 0.0394. The number of nitrogens with zero attached hydrogens (tertiary/aromatic N) is 3. The summed E-state index contributed by atoms with van der Waals surface area (Å²) in [5.41, 5.74) is 5.84. The van der Waals surface area contributed by atoms with Crippen molar-refractivity contribution in [1.29, 1.82) is 0 Å². The standard InChI is InChI=1S/C36H41ClN2O5.C9H14N2O/c1-23(22-44-31-9-14-38-30-8-3-2-7-28(30)31)17-25-18-24-19-32-33(43-16-15-42-32)21-29(24)35(25)10-12-36(13-11-35,34(40)41)39-27-6-4-5-26(37)20-27;1-10(2)6-8-4-5-9(12)11(3)7-8/h4-6,9,14,19-21,23,25,39H,2-3,7-8,10-13,15-18,22H2,1H3,(H,40,41);4-5,7H,6H2,1-3H3/t23-,25?,35?,36?;/m1./s1. The molecule has 1 unspecified atom stereocenters. The van der Waals surface area contributed by atoms with Gasteiger partial charge in [0.15, 0.2) is 11.5 Å². The minimum atomic E-state index is -1.05. The number of aromatic nitrogens is 2. The van der Waals surface area contributed by atoms with E-state index < -0.39 is 11.5 Å². The summed E-state index contributed by atoms with van der Waals surface area (Å²) in [6, 6.07) is 17.2. The van der Waals surface area contributed by atoms with Crippen LogP contribution in [0.1, 0.15) is 79.8 Å². The molecule has 3 aliphatic carbocycles. The molecule has 0 radical (unpaired) electrons. The first-order valence-corrected chi connectivity index (χ1v) is 20.4. The first-order chi connectivity index (χ1) is 26.9. The molecule has 2 N–H and O–H groups in total. The molecule has 10 nitrogen and oxygen atoms in total. The van der Waals surface area contributed by atoms with Crippen LogP contribution in [0.5, 0.6) is 17.2 Å². The smallest absolute Gasteiger partial charge is 0.329 e. The van der Waals surface area contributed by atoms with E-state index in [1.807, 2.05) is 50.8 Å². The topological polar surface area (TPSA) is 115 Å². The summed E-state index contributed by atoms with van der Waals surface area (Å²) in [5.74, 6) is 2.50. The van der Waals surface area contributed by atoms with E-state index in [4.69, 9.17) is 25.8 Å². The summed E-state index contributed by atoms with van der Waals surface area (Å²) in [6.45, 7) is 4.91. The zero-order valence-electron chi connectivity index (χ0n) is 33.1. The molecule has 3 heterocycles. The number of benzene rings is 2. The lowest BCUT2D eigenvalue weighted by Crippen LogP contribution is -2.53. The van der Waals surface area contributed by atoms with Gasteiger partial charge >= 0.3 is 5.97 Å². The largest absolute Gasteiger partial charge is 0.493 e. The molecule has 8 rings (SSSR count). The molecule has 1 fully saturated rings. The molecule has 56 heavy (non-hydrogen) atoms. The summed E-state index contributed by atoms with van der Waals surface area (Å²) in [7, 11) is 5.78. The van der Waals surface area contributed by atoms with Crippen molar-refractivity contribution < 1.29 is 24.1 Å². The van der Waals surface area contributed by atoms with Gasteiger partial charge in [-0.05, 0) is 149 Å². The summed E-state index contributed by atoms with van der Waals surface area (Å²) in [6.07, 6.45) is 12.7. The normalized spacial score (nSPS) is 22.7. The van der Waals surface area contributed by atoms with Gasteiger partial charge in [-0.15, -0.1) is 0 Å². The molecule has 1 aliphatic heterocycles. The van der Waals surface area contributed by atoms with Crippen LogP contribution in [0.3, 0.4) is 0 Å². The second-order valence-electron chi connectivity index (χ2n) is 16.6. The van der Waals surface area contributed by atoms with Crippen LogP contribution in [0, 0.1) is 11.8 Å². The number of hydrogen-bond acceptors (Lipinski definition) is 8. The zero-order chi connectivity index (χ0) is 39.5. The van der Waals surface area contributed by atoms with Crippen LogP contribution in [0.2, 0.25) is 5.02 Å². The highest BCUT2D eigenvalue weighted by molar-refractivity contribution is 6.30. The van der Waals surface area contributed by atoms with Gasteiger partial charge in [0.25, 0.3) is 0 Å². The fraction of sp³-hybridized carbons (Fsp3) is 0.489. The Bertz CT molecular complexity index is 2090. The molecule has 1 saturated carbocycles. The lowest BCUT2D eigenvalue weighted by Gasteiger charge is -2.47. The Morgan fingerprint density at radius 3 is 2.52 bits per heavy atom. The van der Waals surface area contributed by atoms with Gasteiger partial charge in [-0.1, -0.05) is 30.7 Å². The molecule has 2 aromatic carbocycles. The maximum atomic E-state index is 12.8. The highest BCUT2D eigenvalue weighted by atomic mass is 35.5. The number of anilines is 1. The minimum Gasteiger partial charge on any atom is -0.493 e. The fourth-order valence-electron chi connectivity index (χ4n) is 9.41. The third-order valence-corrected chi connectivity index (χ3v) is 12.4. The van der Waals surface area contributed by atoms with Crippen molar-refractivity contribution in [1.82, 2.24) is 14.5 Å². The summed E-state index contributed by atoms with van der Waals surface area (Å²) < 4.78 is 20.1. The van der Waals surface area contributed by atoms with Crippen LogP contribution in [0.25, 0.3) is 0 Å². The number of carboxylic acids is 1. The first-order valence-electron chi connectivity index (χ1n) is 20.0. The van der Waals surface area contributed by atoms with Crippen LogP contribution in [-0.2, 0) is 43.1 Å². The van der Waals surface area contributed by atoms with E-state index in [-0.39, 0.29) is 11.0 Å². The number of aliphatic carboxylic acids is 1.